The van der Waals surface area contributed by atoms with Crippen molar-refractivity contribution in [2.45, 2.75) is 38.5 Å². The molecule has 2 amide bonds. The number of methoxy groups -OCH3 is 1. The number of nitrogens with zero attached hydrogens (tertiary/aromatic N) is 4. The molecule has 0 spiro atoms. The molecule has 160 valence electrons. The number of likely N-dealkylation sites (tertiary alicyclic amines) is 1. The van der Waals surface area contributed by atoms with E-state index in [1.165, 1.54) is 0 Å². The van der Waals surface area contributed by atoms with Crippen LogP contribution in [0.4, 0.5) is 4.79 Å². The topological polar surface area (TPSA) is 100.0 Å². The molecular weight excluding hydrogens is 481 g/mol. The highest BCUT2D eigenvalue weighted by Crippen LogP contribution is 2.13. The Hall–Kier alpha value is -1.02. The van der Waals surface area contributed by atoms with Crippen LogP contribution in [0, 0.1) is 0 Å². The lowest BCUT2D eigenvalue weighted by Gasteiger charge is -2.37. The molecule has 1 N–H and O–H groups in total. The highest BCUT2D eigenvalue weighted by Gasteiger charge is 2.30. The van der Waals surface area contributed by atoms with Gasteiger partial charge in [-0.25, -0.2) is 4.79 Å². The van der Waals surface area contributed by atoms with Crippen LogP contribution in [0.15, 0.2) is 6.20 Å². The summed E-state index contributed by atoms with van der Waals surface area (Å²) in [5.74, 6) is 0. The van der Waals surface area contributed by atoms with Gasteiger partial charge in [0.1, 0.15) is 34.8 Å². The number of ether oxygens (including phenoxy) is 3. The zero-order valence-electron chi connectivity index (χ0n) is 16.3. The van der Waals surface area contributed by atoms with E-state index < -0.39 is 0 Å². The van der Waals surface area contributed by atoms with Gasteiger partial charge in [-0.2, -0.15) is 0 Å². The Morgan fingerprint density at radius 1 is 1.21 bits per heavy atom. The van der Waals surface area contributed by atoms with Gasteiger partial charge >= 0.3 is 6.03 Å². The van der Waals surface area contributed by atoms with Gasteiger partial charge in [0.05, 0.1) is 39.1 Å². The van der Waals surface area contributed by atoms with Gasteiger partial charge in [0.2, 0.25) is 0 Å². The number of unbranched alkanes of at least 4 members (excludes halogenated alkanes) is 1. The lowest BCUT2D eigenvalue weighted by atomic mass is 10.2. The Labute approximate surface area is 179 Å². The van der Waals surface area contributed by atoms with Gasteiger partial charge in [0.15, 0.2) is 0 Å². The number of aryl methyl sites for hydroxylation is 1. The number of rotatable bonds is 15. The summed E-state index contributed by atoms with van der Waals surface area (Å²) in [6.45, 7) is 5.53. The van der Waals surface area contributed by atoms with E-state index in [1.807, 2.05) is 33.9 Å². The molecule has 0 atom stereocenters. The molecular formula is C17H30IN5O5. The number of nitrogens with one attached hydrogen (secondary N) is 1. The van der Waals surface area contributed by atoms with Crippen LogP contribution >= 0.6 is 23.0 Å². The van der Waals surface area contributed by atoms with Crippen molar-refractivity contribution in [3.8, 4) is 0 Å². The Kier molecular flexibility index (Phi) is 11.7. The molecule has 1 aliphatic heterocycles. The lowest BCUT2D eigenvalue weighted by Crippen LogP contribution is -2.57. The Morgan fingerprint density at radius 3 is 2.82 bits per heavy atom. The summed E-state index contributed by atoms with van der Waals surface area (Å²) in [7, 11) is 1.71. The van der Waals surface area contributed by atoms with E-state index in [0.717, 1.165) is 38.1 Å². The number of hydrogen-bond donors (Lipinski definition) is 1. The number of aromatic nitrogens is 3. The first-order valence-corrected chi connectivity index (χ1v) is 10.4. The van der Waals surface area contributed by atoms with E-state index in [4.69, 9.17) is 17.3 Å². The Bertz CT molecular complexity index is 556. The van der Waals surface area contributed by atoms with E-state index in [-0.39, 0.29) is 12.1 Å². The molecule has 0 aliphatic carbocycles. The summed E-state index contributed by atoms with van der Waals surface area (Å²) < 4.78 is 23.0. The molecule has 10 nitrogen and oxygen atoms in total. The first kappa shape index (κ1) is 23.3. The molecule has 0 saturated carbocycles. The monoisotopic (exact) mass is 511 g/mol. The smallest absolute Gasteiger partial charge is 0.317 e. The number of carbonyl (C=O) groups excluding carboxylic acids is 1. The molecule has 1 aromatic rings. The minimum absolute atomic E-state index is 0.0419. The molecule has 2 rings (SSSR count). The molecule has 2 heterocycles. The van der Waals surface area contributed by atoms with E-state index >= 15 is 0 Å². The summed E-state index contributed by atoms with van der Waals surface area (Å²) in [6, 6.07) is -0.0419. The number of urea groups is 1. The van der Waals surface area contributed by atoms with Crippen LogP contribution in [-0.4, -0.2) is 85.2 Å². The third kappa shape index (κ3) is 8.99. The number of hydrogen-bond acceptors (Lipinski definition) is 7. The van der Waals surface area contributed by atoms with Gasteiger partial charge in [-0.3, -0.25) is 4.68 Å². The molecule has 0 aromatic carbocycles. The fourth-order valence-electron chi connectivity index (χ4n) is 2.57. The summed E-state index contributed by atoms with van der Waals surface area (Å²) in [6.07, 6.45) is 4.86. The van der Waals surface area contributed by atoms with Crippen molar-refractivity contribution in [3.05, 3.63) is 11.9 Å². The van der Waals surface area contributed by atoms with E-state index in [1.54, 1.807) is 12.0 Å². The van der Waals surface area contributed by atoms with Crippen molar-refractivity contribution in [1.29, 1.82) is 0 Å². The fourth-order valence-corrected chi connectivity index (χ4v) is 2.89. The summed E-state index contributed by atoms with van der Waals surface area (Å²) >= 11 is 1.87. The van der Waals surface area contributed by atoms with Crippen LogP contribution in [0.3, 0.4) is 0 Å². The lowest BCUT2D eigenvalue weighted by molar-refractivity contribution is 0.0384. The van der Waals surface area contributed by atoms with Crippen molar-refractivity contribution in [2.75, 3.05) is 53.2 Å². The molecule has 0 radical (unpaired) electrons. The van der Waals surface area contributed by atoms with Gasteiger partial charge in [0.25, 0.3) is 0 Å². The van der Waals surface area contributed by atoms with E-state index in [9.17, 15) is 4.79 Å². The molecule has 1 fully saturated rings. The minimum Gasteiger partial charge on any atom is -0.385 e. The molecule has 1 aromatic heterocycles. The molecule has 0 bridgehead atoms. The summed E-state index contributed by atoms with van der Waals surface area (Å²) in [4.78, 5) is 13.5. The van der Waals surface area contributed by atoms with Crippen LogP contribution in [0.5, 0.6) is 0 Å². The van der Waals surface area contributed by atoms with Gasteiger partial charge in [0, 0.05) is 33.4 Å². The maximum atomic E-state index is 11.8. The predicted molar refractivity (Wildman–Crippen MR) is 110 cm³/mol. The molecule has 11 heteroatoms. The highest BCUT2D eigenvalue weighted by molar-refractivity contribution is 14.1. The third-order valence-electron chi connectivity index (χ3n) is 4.20. The SMILES string of the molecule is COCCCCn1cc(COCCOCCCNC(=O)N2CC(OI)C2)nn1. The molecule has 28 heavy (non-hydrogen) atoms. The maximum absolute atomic E-state index is 11.8. The second kappa shape index (κ2) is 14.0. The molecule has 1 saturated heterocycles. The second-order valence-electron chi connectivity index (χ2n) is 6.54. The fraction of sp³-hybridized carbons (Fsp3) is 0.824. The molecule has 1 aliphatic rings. The number of halogens is 1. The highest BCUT2D eigenvalue weighted by atomic mass is 127. The average molecular weight is 511 g/mol. The average Bonchev–Trinajstić information content (AvgIpc) is 3.11. The van der Waals surface area contributed by atoms with Crippen molar-refractivity contribution in [1.82, 2.24) is 25.2 Å². The Balaban J connectivity index is 1.38. The third-order valence-corrected chi connectivity index (χ3v) is 4.92. The van der Waals surface area contributed by atoms with Crippen LogP contribution in [-0.2, 0) is 30.4 Å². The zero-order valence-corrected chi connectivity index (χ0v) is 18.5. The predicted octanol–water partition coefficient (Wildman–Crippen LogP) is 1.39. The van der Waals surface area contributed by atoms with Crippen molar-refractivity contribution >= 4 is 29.0 Å². The maximum Gasteiger partial charge on any atom is 0.317 e. The van der Waals surface area contributed by atoms with Gasteiger partial charge < -0.3 is 27.5 Å². The summed E-state index contributed by atoms with van der Waals surface area (Å²) in [5, 5.41) is 11.0. The standard InChI is InChI=1S/C17H30IN5O5/c1-25-7-3-2-6-23-11-15(20-21-23)14-27-10-9-26-8-4-5-19-17(24)22-12-16(13-22)28-18/h11,16H,2-10,12-14H2,1H3,(H,19,24). The first-order chi connectivity index (χ1) is 13.7. The minimum atomic E-state index is -0.0419. The first-order valence-electron chi connectivity index (χ1n) is 9.56. The van der Waals surface area contributed by atoms with Crippen LogP contribution in [0.25, 0.3) is 0 Å². The summed E-state index contributed by atoms with van der Waals surface area (Å²) in [5.41, 5.74) is 0.815. The van der Waals surface area contributed by atoms with Crippen molar-refractivity contribution in [3.63, 3.8) is 0 Å². The quantitative estimate of drug-likeness (QED) is 0.281. The second-order valence-corrected chi connectivity index (χ2v) is 7.05. The molecule has 0 unspecified atom stereocenters. The van der Waals surface area contributed by atoms with E-state index in [0.29, 0.717) is 46.1 Å². The van der Waals surface area contributed by atoms with E-state index in [2.05, 4.69) is 15.6 Å². The van der Waals surface area contributed by atoms with Crippen molar-refractivity contribution in [2.24, 2.45) is 0 Å². The van der Waals surface area contributed by atoms with Crippen LogP contribution in [0.1, 0.15) is 25.0 Å². The van der Waals surface area contributed by atoms with Gasteiger partial charge in [-0.05, 0) is 19.3 Å². The van der Waals surface area contributed by atoms with Crippen LogP contribution < -0.4 is 5.32 Å². The van der Waals surface area contributed by atoms with Crippen LogP contribution in [0.2, 0.25) is 0 Å². The number of carbonyl (C=O) groups is 1. The van der Waals surface area contributed by atoms with Crippen molar-refractivity contribution < 1.29 is 22.1 Å². The Morgan fingerprint density at radius 2 is 2.04 bits per heavy atom. The van der Waals surface area contributed by atoms with Gasteiger partial charge in [-0.15, -0.1) is 5.10 Å². The normalized spacial score (nSPS) is 14.3. The largest absolute Gasteiger partial charge is 0.385 e. The van der Waals surface area contributed by atoms with Gasteiger partial charge in [-0.1, -0.05) is 5.21 Å². The zero-order chi connectivity index (χ0) is 20.0. The number of amides is 2.